The van der Waals surface area contributed by atoms with Gasteiger partial charge in [0.25, 0.3) is 0 Å². The fraction of sp³-hybridized carbons (Fsp3) is 0.488. The average Bonchev–Trinajstić information content (AvgIpc) is 3.46. The molecule has 0 aromatic rings. The van der Waals surface area contributed by atoms with Crippen molar-refractivity contribution in [1.82, 2.24) is 0 Å². The van der Waals surface area contributed by atoms with E-state index < -0.39 is 0 Å². The van der Waals surface area contributed by atoms with Gasteiger partial charge >= 0.3 is 0 Å². The number of ether oxygens (including phenoxy) is 2. The molecule has 1 saturated carbocycles. The normalized spacial score (nSPS) is 31.0. The molecule has 3 aliphatic rings. The van der Waals surface area contributed by atoms with E-state index in [9.17, 15) is 9.90 Å². The molecule has 0 aromatic heterocycles. The van der Waals surface area contributed by atoms with E-state index in [0.29, 0.717) is 6.42 Å². The van der Waals surface area contributed by atoms with Crippen LogP contribution in [0.15, 0.2) is 119 Å². The van der Waals surface area contributed by atoms with Crippen LogP contribution < -0.4 is 0 Å². The summed E-state index contributed by atoms with van der Waals surface area (Å²) >= 11 is 0. The predicted molar refractivity (Wildman–Crippen MR) is 189 cm³/mol. The molecule has 2 aliphatic carbocycles. The van der Waals surface area contributed by atoms with Crippen molar-refractivity contribution >= 4 is 5.78 Å². The average molecular weight is 613 g/mol. The molecule has 0 amide bonds. The number of carbonyl (C=O) groups excluding carboxylic acids is 1. The summed E-state index contributed by atoms with van der Waals surface area (Å²) in [6.45, 7) is 20.8. The van der Waals surface area contributed by atoms with Gasteiger partial charge in [-0.15, -0.1) is 0 Å². The third-order valence-corrected chi connectivity index (χ3v) is 9.57. The van der Waals surface area contributed by atoms with Crippen LogP contribution in [-0.4, -0.2) is 41.4 Å². The number of Topliss-reactive ketones (excluding diaryl/α,β-unsaturated/α-hetero) is 1. The van der Waals surface area contributed by atoms with Crippen molar-refractivity contribution in [3.8, 4) is 0 Å². The van der Waals surface area contributed by atoms with Crippen LogP contribution in [0, 0.1) is 10.8 Å². The van der Waals surface area contributed by atoms with Crippen LogP contribution in [0.4, 0.5) is 0 Å². The lowest BCUT2D eigenvalue weighted by atomic mass is 9.63. The maximum Gasteiger partial charge on any atom is 0.158 e. The van der Waals surface area contributed by atoms with Crippen LogP contribution in [-0.2, 0) is 14.3 Å². The van der Waals surface area contributed by atoms with Gasteiger partial charge in [0.1, 0.15) is 11.2 Å². The highest BCUT2D eigenvalue weighted by Gasteiger charge is 2.74. The molecule has 4 heteroatoms. The van der Waals surface area contributed by atoms with Crippen molar-refractivity contribution in [2.75, 3.05) is 7.11 Å². The van der Waals surface area contributed by atoms with Gasteiger partial charge in [-0.25, -0.2) is 0 Å². The summed E-state index contributed by atoms with van der Waals surface area (Å²) in [5.74, 6) is 0.0850. The maximum absolute atomic E-state index is 12.3. The number of fused-ring (bicyclic) bond motifs is 1. The molecule has 1 aliphatic heterocycles. The van der Waals surface area contributed by atoms with Crippen molar-refractivity contribution in [2.45, 2.75) is 112 Å². The molecule has 3 rings (SSSR count). The first-order valence-corrected chi connectivity index (χ1v) is 16.2. The van der Waals surface area contributed by atoms with E-state index in [0.717, 1.165) is 46.3 Å². The molecular formula is C41H56O4. The summed E-state index contributed by atoms with van der Waals surface area (Å²) in [5.41, 5.74) is 5.69. The van der Waals surface area contributed by atoms with Gasteiger partial charge in [0.15, 0.2) is 5.78 Å². The van der Waals surface area contributed by atoms with Gasteiger partial charge in [0, 0.05) is 24.5 Å². The van der Waals surface area contributed by atoms with Gasteiger partial charge in [-0.05, 0) is 71.4 Å². The second-order valence-corrected chi connectivity index (χ2v) is 14.6. The van der Waals surface area contributed by atoms with Crippen LogP contribution in [0.25, 0.3) is 0 Å². The van der Waals surface area contributed by atoms with Gasteiger partial charge in [-0.3, -0.25) is 4.79 Å². The zero-order valence-electron chi connectivity index (χ0n) is 29.5. The predicted octanol–water partition coefficient (Wildman–Crippen LogP) is 9.59. The SMILES string of the molecule is CO[C@@H]1CC(C)(C)C(\C=C/C(C)=C/C=C/C(C)=C/C=C/C=C(C)/C=C/C=C(C)\C=C\[C@@]23O[C@]2(C)C[C@@H](O)CC3(C)C)=C1C(C)=O. The maximum atomic E-state index is 12.3. The molecule has 1 saturated heterocycles. The zero-order valence-corrected chi connectivity index (χ0v) is 29.5. The molecule has 0 aromatic carbocycles. The number of hydrogen-bond donors (Lipinski definition) is 1. The molecule has 244 valence electrons. The molecule has 4 nitrogen and oxygen atoms in total. The van der Waals surface area contributed by atoms with Gasteiger partial charge < -0.3 is 14.6 Å². The van der Waals surface area contributed by atoms with Crippen LogP contribution >= 0.6 is 0 Å². The molecule has 0 spiro atoms. The Morgan fingerprint density at radius 2 is 1.27 bits per heavy atom. The molecule has 45 heavy (non-hydrogen) atoms. The first kappa shape index (κ1) is 36.4. The molecule has 1 N–H and O–H groups in total. The number of ketones is 1. The Kier molecular flexibility index (Phi) is 11.8. The quantitative estimate of drug-likeness (QED) is 0.176. The van der Waals surface area contributed by atoms with E-state index in [-0.39, 0.29) is 40.0 Å². The van der Waals surface area contributed by atoms with E-state index in [2.05, 4.69) is 147 Å². The van der Waals surface area contributed by atoms with E-state index in [4.69, 9.17) is 9.47 Å². The highest BCUT2D eigenvalue weighted by molar-refractivity contribution is 5.96. The molecule has 0 bridgehead atoms. The van der Waals surface area contributed by atoms with Crippen molar-refractivity contribution in [2.24, 2.45) is 10.8 Å². The summed E-state index contributed by atoms with van der Waals surface area (Å²) < 4.78 is 11.8. The summed E-state index contributed by atoms with van der Waals surface area (Å²) in [4.78, 5) is 12.3. The standard InChI is InChI=1S/C41H56O4/c1-29(18-14-20-31(3)22-23-35-37(33(5)42)36(44-11)28-38(35,6)7)16-12-13-17-30(2)19-15-21-32(4)24-25-41-39(8,9)26-34(43)27-40(41,10)45-41/h12-25,34,36,43H,26-28H2,1-11H3/b13-12+,18-14+,19-15+,23-22-,25-24+,29-16+,30-17+,31-20+,32-21-/t34-,36+,40+,41-/m0/s1. The Morgan fingerprint density at radius 3 is 1.78 bits per heavy atom. The highest BCUT2D eigenvalue weighted by atomic mass is 16.6. The van der Waals surface area contributed by atoms with Crippen LogP contribution in [0.2, 0.25) is 0 Å². The van der Waals surface area contributed by atoms with Crippen LogP contribution in [0.3, 0.4) is 0 Å². The summed E-state index contributed by atoms with van der Waals surface area (Å²) in [7, 11) is 1.68. The third-order valence-electron chi connectivity index (χ3n) is 9.57. The molecule has 0 unspecified atom stereocenters. The van der Waals surface area contributed by atoms with Crippen molar-refractivity contribution in [3.05, 3.63) is 119 Å². The Hall–Kier alpha value is -3.05. The van der Waals surface area contributed by atoms with E-state index in [1.54, 1.807) is 14.0 Å². The topological polar surface area (TPSA) is 59.1 Å². The summed E-state index contributed by atoms with van der Waals surface area (Å²) in [5, 5.41) is 10.3. The molecule has 4 atom stereocenters. The number of epoxide rings is 1. The number of rotatable bonds is 12. The number of hydrogen-bond acceptors (Lipinski definition) is 4. The minimum Gasteiger partial charge on any atom is -0.393 e. The van der Waals surface area contributed by atoms with Crippen molar-refractivity contribution in [1.29, 1.82) is 0 Å². The van der Waals surface area contributed by atoms with Crippen molar-refractivity contribution in [3.63, 3.8) is 0 Å². The molecule has 2 fully saturated rings. The number of aliphatic hydroxyl groups excluding tert-OH is 1. The molecular weight excluding hydrogens is 556 g/mol. The van der Waals surface area contributed by atoms with Gasteiger partial charge in [-0.1, -0.05) is 129 Å². The lowest BCUT2D eigenvalue weighted by Gasteiger charge is -2.39. The fourth-order valence-corrected chi connectivity index (χ4v) is 7.03. The minimum atomic E-state index is -0.299. The van der Waals surface area contributed by atoms with Crippen LogP contribution in [0.5, 0.6) is 0 Å². The second kappa shape index (κ2) is 14.6. The lowest BCUT2D eigenvalue weighted by Crippen LogP contribution is -2.46. The minimum absolute atomic E-state index is 0.0850. The van der Waals surface area contributed by atoms with E-state index >= 15 is 0 Å². The fourth-order valence-electron chi connectivity index (χ4n) is 7.03. The summed E-state index contributed by atoms with van der Waals surface area (Å²) in [6.07, 6.45) is 31.2. The first-order chi connectivity index (χ1) is 21.0. The zero-order chi connectivity index (χ0) is 33.6. The smallest absolute Gasteiger partial charge is 0.158 e. The van der Waals surface area contributed by atoms with Gasteiger partial charge in [0.2, 0.25) is 0 Å². The number of aliphatic hydroxyl groups is 1. The van der Waals surface area contributed by atoms with E-state index in [1.807, 2.05) is 0 Å². The van der Waals surface area contributed by atoms with Gasteiger partial charge in [0.05, 0.1) is 12.2 Å². The lowest BCUT2D eigenvalue weighted by molar-refractivity contribution is -0.114. The monoisotopic (exact) mass is 612 g/mol. The number of methoxy groups -OCH3 is 1. The highest BCUT2D eigenvalue weighted by Crippen LogP contribution is 2.66. The Balaban J connectivity index is 1.53. The Bertz CT molecular complexity index is 1430. The van der Waals surface area contributed by atoms with Gasteiger partial charge in [-0.2, -0.15) is 0 Å². The van der Waals surface area contributed by atoms with Crippen molar-refractivity contribution < 1.29 is 19.4 Å². The number of carbonyl (C=O) groups is 1. The first-order valence-electron chi connectivity index (χ1n) is 16.2. The second-order valence-electron chi connectivity index (χ2n) is 14.6. The molecule has 0 radical (unpaired) electrons. The van der Waals surface area contributed by atoms with E-state index in [1.165, 1.54) is 0 Å². The third kappa shape index (κ3) is 8.82. The Labute approximate surface area is 273 Å². The van der Waals surface area contributed by atoms with Crippen LogP contribution in [0.1, 0.15) is 88.5 Å². The summed E-state index contributed by atoms with van der Waals surface area (Å²) in [6, 6.07) is 0. The largest absolute Gasteiger partial charge is 0.393 e. The Morgan fingerprint density at radius 1 is 0.756 bits per heavy atom. The number of allylic oxidation sites excluding steroid dienone is 18. The molecule has 1 heterocycles.